The van der Waals surface area contributed by atoms with Crippen LogP contribution in [-0.2, 0) is 0 Å². The average molecular weight is 405 g/mol. The van der Waals surface area contributed by atoms with Gasteiger partial charge in [-0.05, 0) is 55.3 Å². The molecule has 0 saturated heterocycles. The van der Waals surface area contributed by atoms with E-state index >= 15 is 0 Å². The van der Waals surface area contributed by atoms with Crippen molar-refractivity contribution in [2.45, 2.75) is 26.7 Å². The summed E-state index contributed by atoms with van der Waals surface area (Å²) in [6.07, 6.45) is 1.80. The van der Waals surface area contributed by atoms with Gasteiger partial charge >= 0.3 is 0 Å². The van der Waals surface area contributed by atoms with Crippen LogP contribution in [0.5, 0.6) is 23.0 Å². The number of rotatable bonds is 10. The highest BCUT2D eigenvalue weighted by Gasteiger charge is 2.11. The van der Waals surface area contributed by atoms with Crippen molar-refractivity contribution in [1.82, 2.24) is 0 Å². The molecule has 0 spiro atoms. The molecular formula is C25H27NO4. The molecule has 0 aliphatic heterocycles. The zero-order valence-corrected chi connectivity index (χ0v) is 17.4. The summed E-state index contributed by atoms with van der Waals surface area (Å²) in [5.74, 6) is 2.41. The molecule has 0 atom stereocenters. The molecule has 30 heavy (non-hydrogen) atoms. The first-order valence-electron chi connectivity index (χ1n) is 10.2. The maximum absolute atomic E-state index is 12.8. The lowest BCUT2D eigenvalue weighted by molar-refractivity contribution is 0.102. The van der Waals surface area contributed by atoms with Crippen LogP contribution in [0.15, 0.2) is 72.8 Å². The minimum Gasteiger partial charge on any atom is -0.490 e. The van der Waals surface area contributed by atoms with Crippen LogP contribution in [0.3, 0.4) is 0 Å². The van der Waals surface area contributed by atoms with Gasteiger partial charge in [0.2, 0.25) is 0 Å². The number of hydrogen-bond acceptors (Lipinski definition) is 4. The van der Waals surface area contributed by atoms with Crippen molar-refractivity contribution in [3.63, 3.8) is 0 Å². The van der Waals surface area contributed by atoms with Crippen molar-refractivity contribution in [2.24, 2.45) is 0 Å². The molecule has 0 fully saturated rings. The zero-order valence-electron chi connectivity index (χ0n) is 17.4. The first-order chi connectivity index (χ1) is 14.7. The van der Waals surface area contributed by atoms with Crippen LogP contribution in [-0.4, -0.2) is 19.1 Å². The normalized spacial score (nSPS) is 10.3. The van der Waals surface area contributed by atoms with Crippen molar-refractivity contribution in [3.05, 3.63) is 78.4 Å². The van der Waals surface area contributed by atoms with Crippen molar-refractivity contribution < 1.29 is 19.0 Å². The number of amides is 1. The number of carbonyl (C=O) groups is 1. The van der Waals surface area contributed by atoms with Crippen LogP contribution < -0.4 is 19.5 Å². The van der Waals surface area contributed by atoms with Crippen LogP contribution in [0, 0.1) is 0 Å². The highest BCUT2D eigenvalue weighted by atomic mass is 16.5. The summed E-state index contributed by atoms with van der Waals surface area (Å²) in [5.41, 5.74) is 1.15. The number of ether oxygens (including phenoxy) is 3. The lowest BCUT2D eigenvalue weighted by atomic mass is 10.2. The summed E-state index contributed by atoms with van der Waals surface area (Å²) in [6, 6.07) is 22.0. The predicted molar refractivity (Wildman–Crippen MR) is 119 cm³/mol. The molecule has 0 bridgehead atoms. The number of hydrogen-bond donors (Lipinski definition) is 1. The van der Waals surface area contributed by atoms with E-state index in [0.717, 1.165) is 18.6 Å². The molecule has 3 aromatic rings. The molecule has 5 nitrogen and oxygen atoms in total. The van der Waals surface area contributed by atoms with Crippen LogP contribution in [0.25, 0.3) is 0 Å². The maximum atomic E-state index is 12.8. The maximum Gasteiger partial charge on any atom is 0.255 e. The van der Waals surface area contributed by atoms with Gasteiger partial charge < -0.3 is 19.5 Å². The summed E-state index contributed by atoms with van der Waals surface area (Å²) < 4.78 is 17.4. The second-order valence-electron chi connectivity index (χ2n) is 6.76. The van der Waals surface area contributed by atoms with Gasteiger partial charge in [0.05, 0.1) is 13.2 Å². The topological polar surface area (TPSA) is 56.8 Å². The molecule has 1 N–H and O–H groups in total. The van der Waals surface area contributed by atoms with E-state index in [0.29, 0.717) is 41.7 Å². The van der Waals surface area contributed by atoms with Crippen LogP contribution in [0.2, 0.25) is 0 Å². The Labute approximate surface area is 177 Å². The van der Waals surface area contributed by atoms with Crippen molar-refractivity contribution >= 4 is 11.6 Å². The van der Waals surface area contributed by atoms with Crippen molar-refractivity contribution in [3.8, 4) is 23.0 Å². The van der Waals surface area contributed by atoms with Crippen LogP contribution >= 0.6 is 0 Å². The Hall–Kier alpha value is -3.47. The number of carbonyl (C=O) groups excluding carboxylic acids is 1. The van der Waals surface area contributed by atoms with E-state index in [9.17, 15) is 4.79 Å². The van der Waals surface area contributed by atoms with E-state index in [1.54, 1.807) is 24.3 Å². The van der Waals surface area contributed by atoms with Gasteiger partial charge in [-0.2, -0.15) is 0 Å². The van der Waals surface area contributed by atoms with Crippen molar-refractivity contribution in [2.75, 3.05) is 18.5 Å². The fraction of sp³-hybridized carbons (Fsp3) is 0.240. The lowest BCUT2D eigenvalue weighted by Crippen LogP contribution is -2.12. The largest absolute Gasteiger partial charge is 0.490 e. The fourth-order valence-electron chi connectivity index (χ4n) is 2.77. The smallest absolute Gasteiger partial charge is 0.255 e. The quantitative estimate of drug-likeness (QED) is 0.429. The van der Waals surface area contributed by atoms with E-state index in [1.165, 1.54) is 0 Å². The summed E-state index contributed by atoms with van der Waals surface area (Å²) in [6.45, 7) is 5.29. The SMILES string of the molecule is CCCOc1ccc(NC(=O)c2cccc(Oc3ccccc3)c2)cc1OCCC. The van der Waals surface area contributed by atoms with Gasteiger partial charge in [0.15, 0.2) is 11.5 Å². The van der Waals surface area contributed by atoms with E-state index in [-0.39, 0.29) is 5.91 Å². The third kappa shape index (κ3) is 6.01. The van der Waals surface area contributed by atoms with Crippen LogP contribution in [0.1, 0.15) is 37.0 Å². The summed E-state index contributed by atoms with van der Waals surface area (Å²) >= 11 is 0. The van der Waals surface area contributed by atoms with E-state index in [4.69, 9.17) is 14.2 Å². The molecule has 1 amide bonds. The van der Waals surface area contributed by atoms with Gasteiger partial charge in [0, 0.05) is 17.3 Å². The highest BCUT2D eigenvalue weighted by molar-refractivity contribution is 6.04. The van der Waals surface area contributed by atoms with Gasteiger partial charge in [-0.25, -0.2) is 0 Å². The molecule has 0 aliphatic carbocycles. The molecule has 0 aromatic heterocycles. The molecule has 3 rings (SSSR count). The molecule has 0 heterocycles. The van der Waals surface area contributed by atoms with Crippen LogP contribution in [0.4, 0.5) is 5.69 Å². The first kappa shape index (κ1) is 21.2. The third-order valence-electron chi connectivity index (χ3n) is 4.20. The Kier molecular flexibility index (Phi) is 7.72. The number of anilines is 1. The standard InChI is InChI=1S/C25H27NO4/c1-3-15-28-23-14-13-20(18-24(23)29-16-4-2)26-25(27)19-9-8-12-22(17-19)30-21-10-6-5-7-11-21/h5-14,17-18H,3-4,15-16H2,1-2H3,(H,26,27). The molecule has 3 aromatic carbocycles. The Morgan fingerprint density at radius 3 is 2.20 bits per heavy atom. The molecule has 5 heteroatoms. The Balaban J connectivity index is 1.72. The van der Waals surface area contributed by atoms with Crippen molar-refractivity contribution in [1.29, 1.82) is 0 Å². The lowest BCUT2D eigenvalue weighted by Gasteiger charge is -2.14. The predicted octanol–water partition coefficient (Wildman–Crippen LogP) is 6.31. The molecule has 156 valence electrons. The van der Waals surface area contributed by atoms with E-state index < -0.39 is 0 Å². The Morgan fingerprint density at radius 1 is 0.767 bits per heavy atom. The summed E-state index contributed by atoms with van der Waals surface area (Å²) in [4.78, 5) is 12.8. The van der Waals surface area contributed by atoms with Gasteiger partial charge in [-0.15, -0.1) is 0 Å². The molecule has 0 saturated carbocycles. The Morgan fingerprint density at radius 2 is 1.47 bits per heavy atom. The molecule has 0 aliphatic rings. The van der Waals surface area contributed by atoms with E-state index in [2.05, 4.69) is 12.2 Å². The fourth-order valence-corrected chi connectivity index (χ4v) is 2.77. The van der Waals surface area contributed by atoms with Gasteiger partial charge in [0.1, 0.15) is 11.5 Å². The number of benzene rings is 3. The van der Waals surface area contributed by atoms with Gasteiger partial charge in [-0.1, -0.05) is 38.1 Å². The first-order valence-corrected chi connectivity index (χ1v) is 10.2. The molecular weight excluding hydrogens is 378 g/mol. The van der Waals surface area contributed by atoms with Gasteiger partial charge in [-0.3, -0.25) is 4.79 Å². The number of para-hydroxylation sites is 1. The molecule has 0 radical (unpaired) electrons. The third-order valence-corrected chi connectivity index (χ3v) is 4.20. The zero-order chi connectivity index (χ0) is 21.2. The highest BCUT2D eigenvalue weighted by Crippen LogP contribution is 2.31. The second-order valence-corrected chi connectivity index (χ2v) is 6.76. The summed E-state index contributed by atoms with van der Waals surface area (Å²) in [7, 11) is 0. The average Bonchev–Trinajstić information content (AvgIpc) is 2.78. The minimum absolute atomic E-state index is 0.225. The van der Waals surface area contributed by atoms with E-state index in [1.807, 2.05) is 55.5 Å². The monoisotopic (exact) mass is 405 g/mol. The molecule has 0 unspecified atom stereocenters. The Bertz CT molecular complexity index is 956. The minimum atomic E-state index is -0.225. The second kappa shape index (κ2) is 10.9. The van der Waals surface area contributed by atoms with Gasteiger partial charge in [0.25, 0.3) is 5.91 Å². The number of nitrogens with one attached hydrogen (secondary N) is 1. The summed E-state index contributed by atoms with van der Waals surface area (Å²) in [5, 5.41) is 2.92.